The summed E-state index contributed by atoms with van der Waals surface area (Å²) in [5.74, 6) is 0. The average molecular weight is 502 g/mol. The normalized spacial score (nSPS) is 13.2. The van der Waals surface area contributed by atoms with E-state index in [1.54, 1.807) is 0 Å². The van der Waals surface area contributed by atoms with Crippen molar-refractivity contribution in [3.05, 3.63) is 48.9 Å². The number of hydrogen-bond acceptors (Lipinski definition) is 3. The number of hydrogen-bond donors (Lipinski definition) is 3. The Morgan fingerprint density at radius 2 is 1.03 bits per heavy atom. The molecule has 1 atom stereocenters. The minimum absolute atomic E-state index is 0.0361. The molecule has 0 amide bonds. The van der Waals surface area contributed by atoms with Crippen molar-refractivity contribution in [1.82, 2.24) is 16.0 Å². The molecule has 0 saturated carbocycles. The molecule has 0 rings (SSSR count). The van der Waals surface area contributed by atoms with Crippen LogP contribution in [-0.4, -0.2) is 24.7 Å². The standard InChI is InChI=1S/C33H63N3/c1-26(31(5,6)7)20-16-14-18-24-34-28(3)22-23-30(36-33(11,12)13)29(4)35-25-19-15-17-21-27(2)32(8,9)10/h30,34-36H,1-4,14-25H2,5-13H3. The van der Waals surface area contributed by atoms with Gasteiger partial charge in [-0.2, -0.15) is 0 Å². The fraction of sp³-hybridized carbons (Fsp3) is 0.758. The van der Waals surface area contributed by atoms with Crippen molar-refractivity contribution in [2.24, 2.45) is 10.8 Å². The topological polar surface area (TPSA) is 36.1 Å². The monoisotopic (exact) mass is 502 g/mol. The SMILES string of the molecule is C=C(CCC(NC(C)(C)C)C(=C)NCCCCCC(=C)C(C)(C)C)NCCCCCC(=C)C(C)(C)C. The van der Waals surface area contributed by atoms with Crippen LogP contribution < -0.4 is 16.0 Å². The molecule has 0 aromatic carbocycles. The smallest absolute Gasteiger partial charge is 0.0471 e. The average Bonchev–Trinajstić information content (AvgIpc) is 2.73. The fourth-order valence-electron chi connectivity index (χ4n) is 3.93. The Balaban J connectivity index is 4.29. The molecule has 0 saturated heterocycles. The largest absolute Gasteiger partial charge is 0.389 e. The van der Waals surface area contributed by atoms with Crippen molar-refractivity contribution in [2.75, 3.05) is 13.1 Å². The molecular weight excluding hydrogens is 438 g/mol. The first kappa shape index (κ1) is 34.5. The summed E-state index contributed by atoms with van der Waals surface area (Å²) in [7, 11) is 0. The maximum Gasteiger partial charge on any atom is 0.0471 e. The van der Waals surface area contributed by atoms with Gasteiger partial charge in [0.05, 0.1) is 0 Å². The van der Waals surface area contributed by atoms with E-state index in [2.05, 4.69) is 105 Å². The lowest BCUT2D eigenvalue weighted by atomic mass is 9.84. The predicted molar refractivity (Wildman–Crippen MR) is 164 cm³/mol. The molecule has 0 aliphatic carbocycles. The summed E-state index contributed by atoms with van der Waals surface area (Å²) in [5, 5.41) is 10.9. The summed E-state index contributed by atoms with van der Waals surface area (Å²) in [6.45, 7) is 39.3. The van der Waals surface area contributed by atoms with Crippen LogP contribution in [0.4, 0.5) is 0 Å². The van der Waals surface area contributed by atoms with Crippen molar-refractivity contribution in [1.29, 1.82) is 0 Å². The summed E-state index contributed by atoms with van der Waals surface area (Å²) >= 11 is 0. The molecule has 0 heterocycles. The van der Waals surface area contributed by atoms with E-state index in [9.17, 15) is 0 Å². The molecule has 210 valence electrons. The molecule has 3 nitrogen and oxygen atoms in total. The Hall–Kier alpha value is -1.48. The molecular formula is C33H63N3. The first-order valence-electron chi connectivity index (χ1n) is 14.4. The molecule has 1 unspecified atom stereocenters. The molecule has 0 fully saturated rings. The van der Waals surface area contributed by atoms with Gasteiger partial charge in [0.2, 0.25) is 0 Å². The third-order valence-electron chi connectivity index (χ3n) is 6.92. The fourth-order valence-corrected chi connectivity index (χ4v) is 3.93. The van der Waals surface area contributed by atoms with Gasteiger partial charge < -0.3 is 16.0 Å². The highest BCUT2D eigenvalue weighted by atomic mass is 15.0. The summed E-state index contributed by atoms with van der Waals surface area (Å²) in [6.07, 6.45) is 11.4. The van der Waals surface area contributed by atoms with E-state index in [1.807, 2.05) is 0 Å². The van der Waals surface area contributed by atoms with Crippen molar-refractivity contribution in [3.8, 4) is 0 Å². The second kappa shape index (κ2) is 16.4. The van der Waals surface area contributed by atoms with Gasteiger partial charge >= 0.3 is 0 Å². The highest BCUT2D eigenvalue weighted by Gasteiger charge is 2.20. The molecule has 0 aromatic rings. The molecule has 3 heteroatoms. The van der Waals surface area contributed by atoms with Gasteiger partial charge in [-0.3, -0.25) is 0 Å². The lowest BCUT2D eigenvalue weighted by Gasteiger charge is -2.31. The Morgan fingerprint density at radius 3 is 1.44 bits per heavy atom. The first-order chi connectivity index (χ1) is 16.4. The third-order valence-corrected chi connectivity index (χ3v) is 6.92. The zero-order valence-corrected chi connectivity index (χ0v) is 25.9. The second-order valence-electron chi connectivity index (χ2n) is 13.8. The highest BCUT2D eigenvalue weighted by molar-refractivity contribution is 5.07. The molecule has 0 bridgehead atoms. The number of allylic oxidation sites excluding steroid dienone is 3. The lowest BCUT2D eigenvalue weighted by molar-refractivity contribution is 0.360. The van der Waals surface area contributed by atoms with Crippen LogP contribution in [0.5, 0.6) is 0 Å². The van der Waals surface area contributed by atoms with Crippen molar-refractivity contribution in [2.45, 2.75) is 138 Å². The van der Waals surface area contributed by atoms with E-state index in [0.717, 1.165) is 56.6 Å². The van der Waals surface area contributed by atoms with E-state index in [0.29, 0.717) is 0 Å². The number of nitrogens with one attached hydrogen (secondary N) is 3. The highest BCUT2D eigenvalue weighted by Crippen LogP contribution is 2.28. The van der Waals surface area contributed by atoms with Crippen LogP contribution in [-0.2, 0) is 0 Å². The molecule has 0 aliphatic rings. The summed E-state index contributed by atoms with van der Waals surface area (Å²) < 4.78 is 0. The second-order valence-corrected chi connectivity index (χ2v) is 13.8. The van der Waals surface area contributed by atoms with E-state index in [4.69, 9.17) is 0 Å². The number of rotatable bonds is 19. The Labute approximate surface area is 226 Å². The van der Waals surface area contributed by atoms with E-state index < -0.39 is 0 Å². The number of unbranched alkanes of at least 4 members (excludes halogenated alkanes) is 4. The van der Waals surface area contributed by atoms with E-state index in [-0.39, 0.29) is 22.4 Å². The van der Waals surface area contributed by atoms with E-state index >= 15 is 0 Å². The van der Waals surface area contributed by atoms with Crippen LogP contribution in [0.25, 0.3) is 0 Å². The zero-order chi connectivity index (χ0) is 28.0. The van der Waals surface area contributed by atoms with Gasteiger partial charge in [0.25, 0.3) is 0 Å². The van der Waals surface area contributed by atoms with Gasteiger partial charge in [0, 0.05) is 36.1 Å². The maximum absolute atomic E-state index is 4.38. The molecule has 3 N–H and O–H groups in total. The van der Waals surface area contributed by atoms with Crippen LogP contribution in [0.15, 0.2) is 48.9 Å². The zero-order valence-electron chi connectivity index (χ0n) is 25.9. The Kier molecular flexibility index (Phi) is 15.7. The van der Waals surface area contributed by atoms with Crippen LogP contribution >= 0.6 is 0 Å². The molecule has 0 aliphatic heterocycles. The van der Waals surface area contributed by atoms with Gasteiger partial charge in [0.15, 0.2) is 0 Å². The van der Waals surface area contributed by atoms with Crippen LogP contribution in [0.1, 0.15) is 127 Å². The molecule has 36 heavy (non-hydrogen) atoms. The predicted octanol–water partition coefficient (Wildman–Crippen LogP) is 9.06. The van der Waals surface area contributed by atoms with Gasteiger partial charge in [-0.1, -0.05) is 91.8 Å². The van der Waals surface area contributed by atoms with Crippen molar-refractivity contribution < 1.29 is 0 Å². The minimum atomic E-state index is 0.0361. The van der Waals surface area contributed by atoms with Gasteiger partial charge in [-0.05, 0) is 83.0 Å². The van der Waals surface area contributed by atoms with Crippen LogP contribution in [0.3, 0.4) is 0 Å². The summed E-state index contributed by atoms with van der Waals surface area (Å²) in [6, 6.07) is 0.229. The molecule has 0 spiro atoms. The van der Waals surface area contributed by atoms with Gasteiger partial charge in [-0.15, -0.1) is 0 Å². The molecule has 0 radical (unpaired) electrons. The maximum atomic E-state index is 4.38. The summed E-state index contributed by atoms with van der Waals surface area (Å²) in [4.78, 5) is 0. The minimum Gasteiger partial charge on any atom is -0.389 e. The van der Waals surface area contributed by atoms with Crippen LogP contribution in [0, 0.1) is 10.8 Å². The lowest BCUT2D eigenvalue weighted by Crippen LogP contribution is -2.47. The van der Waals surface area contributed by atoms with Crippen molar-refractivity contribution in [3.63, 3.8) is 0 Å². The quantitative estimate of drug-likeness (QED) is 0.122. The Bertz CT molecular complexity index is 679. The van der Waals surface area contributed by atoms with Gasteiger partial charge in [0.1, 0.15) is 0 Å². The van der Waals surface area contributed by atoms with Crippen LogP contribution in [0.2, 0.25) is 0 Å². The summed E-state index contributed by atoms with van der Waals surface area (Å²) in [5.41, 5.74) is 5.42. The third kappa shape index (κ3) is 17.9. The van der Waals surface area contributed by atoms with Crippen molar-refractivity contribution >= 4 is 0 Å². The molecule has 0 aromatic heterocycles. The van der Waals surface area contributed by atoms with E-state index in [1.165, 1.54) is 43.3 Å². The first-order valence-corrected chi connectivity index (χ1v) is 14.4. The van der Waals surface area contributed by atoms with Gasteiger partial charge in [-0.25, -0.2) is 0 Å². The Morgan fingerprint density at radius 1 is 0.583 bits per heavy atom.